The van der Waals surface area contributed by atoms with Crippen LogP contribution in [0.15, 0.2) is 65.7 Å². The first-order chi connectivity index (χ1) is 20.4. The van der Waals surface area contributed by atoms with Gasteiger partial charge >= 0.3 is 5.97 Å². The zero-order valence-corrected chi connectivity index (χ0v) is 24.0. The predicted octanol–water partition coefficient (Wildman–Crippen LogP) is 5.63. The van der Waals surface area contributed by atoms with Gasteiger partial charge in [0, 0.05) is 56.8 Å². The van der Waals surface area contributed by atoms with Gasteiger partial charge in [0.2, 0.25) is 5.43 Å². The lowest BCUT2D eigenvalue weighted by molar-refractivity contribution is 0.0695. The Morgan fingerprint density at radius 3 is 2.40 bits per heavy atom. The third-order valence-electron chi connectivity index (χ3n) is 8.37. The molecule has 1 saturated carbocycles. The molecule has 218 valence electrons. The number of hydrogen-bond acceptors (Lipinski definition) is 6. The number of benzene rings is 2. The normalized spacial score (nSPS) is 16.2. The maximum atomic E-state index is 15.7. The highest BCUT2D eigenvalue weighted by Gasteiger charge is 2.27. The molecule has 3 heterocycles. The van der Waals surface area contributed by atoms with E-state index < -0.39 is 22.8 Å². The zero-order chi connectivity index (χ0) is 29.2. The van der Waals surface area contributed by atoms with E-state index in [2.05, 4.69) is 15.2 Å². The Balaban J connectivity index is 1.35. The van der Waals surface area contributed by atoms with Gasteiger partial charge in [-0.05, 0) is 48.7 Å². The lowest BCUT2D eigenvalue weighted by Crippen LogP contribution is -2.47. The monoisotopic (exact) mass is 589 g/mol. The van der Waals surface area contributed by atoms with Crippen LogP contribution in [0, 0.1) is 5.82 Å². The average Bonchev–Trinajstić information content (AvgIpc) is 3.02. The average molecular weight is 590 g/mol. The highest BCUT2D eigenvalue weighted by atomic mass is 35.5. The van der Waals surface area contributed by atoms with E-state index >= 15 is 4.39 Å². The van der Waals surface area contributed by atoms with Crippen molar-refractivity contribution in [3.05, 3.63) is 93.1 Å². The van der Waals surface area contributed by atoms with Gasteiger partial charge in [0.15, 0.2) is 0 Å². The highest BCUT2D eigenvalue weighted by Crippen LogP contribution is 2.37. The van der Waals surface area contributed by atoms with Crippen LogP contribution in [0.5, 0.6) is 0 Å². The Labute approximate surface area is 248 Å². The van der Waals surface area contributed by atoms with E-state index in [0.717, 1.165) is 24.0 Å². The lowest BCUT2D eigenvalue weighted by Gasteiger charge is -2.37. The van der Waals surface area contributed by atoms with Crippen molar-refractivity contribution in [3.63, 3.8) is 0 Å². The molecule has 0 amide bonds. The number of anilines is 2. The molecule has 1 saturated heterocycles. The third-order valence-corrected chi connectivity index (χ3v) is 8.73. The molecule has 2 aromatic heterocycles. The highest BCUT2D eigenvalue weighted by molar-refractivity contribution is 6.38. The summed E-state index contributed by atoms with van der Waals surface area (Å²) in [6, 6.07) is 15.1. The van der Waals surface area contributed by atoms with Crippen LogP contribution in [0.25, 0.3) is 16.6 Å². The topological polar surface area (TPSA) is 90.7 Å². The van der Waals surface area contributed by atoms with E-state index in [0.29, 0.717) is 37.9 Å². The van der Waals surface area contributed by atoms with Gasteiger partial charge in [-0.2, -0.15) is 0 Å². The summed E-state index contributed by atoms with van der Waals surface area (Å²) >= 11 is 6.93. The van der Waals surface area contributed by atoms with E-state index in [4.69, 9.17) is 11.6 Å². The molecule has 1 aliphatic carbocycles. The Bertz CT molecular complexity index is 1650. The standard InChI is InChI=1S/C32H33ClFN5O3/c33-28-29-24(18-26(34)30(28)38-16-14-37(15-17-38)27-8-4-5-13-35-27)31(40)25(32(41)42)20-39(29)23-11-9-21(10-12-23)19-36-22-6-2-1-3-7-22/h4-5,8-13,18,20,22,36H,1-3,6-7,14-17,19H2,(H,41,42). The first kappa shape index (κ1) is 28.2. The van der Waals surface area contributed by atoms with Crippen molar-refractivity contribution in [1.29, 1.82) is 0 Å². The van der Waals surface area contributed by atoms with Crippen molar-refractivity contribution < 1.29 is 14.3 Å². The molecule has 2 aromatic carbocycles. The van der Waals surface area contributed by atoms with Crippen molar-refractivity contribution in [2.45, 2.75) is 44.7 Å². The van der Waals surface area contributed by atoms with Crippen LogP contribution in [0.2, 0.25) is 5.02 Å². The van der Waals surface area contributed by atoms with Gasteiger partial charge in [-0.1, -0.05) is 49.1 Å². The molecule has 8 nitrogen and oxygen atoms in total. The van der Waals surface area contributed by atoms with Gasteiger partial charge in [-0.25, -0.2) is 14.2 Å². The summed E-state index contributed by atoms with van der Waals surface area (Å²) in [6.45, 7) is 2.96. The number of piperazine rings is 1. The molecular formula is C32H33ClFN5O3. The molecule has 6 rings (SSSR count). The number of fused-ring (bicyclic) bond motifs is 1. The fourth-order valence-corrected chi connectivity index (χ4v) is 6.50. The summed E-state index contributed by atoms with van der Waals surface area (Å²) in [5, 5.41) is 13.4. The van der Waals surface area contributed by atoms with E-state index in [1.807, 2.05) is 47.4 Å². The molecule has 0 bridgehead atoms. The van der Waals surface area contributed by atoms with Crippen LogP contribution in [0.4, 0.5) is 15.9 Å². The van der Waals surface area contributed by atoms with Gasteiger partial charge in [0.05, 0.1) is 21.6 Å². The zero-order valence-electron chi connectivity index (χ0n) is 23.2. The lowest BCUT2D eigenvalue weighted by atomic mass is 9.95. The smallest absolute Gasteiger partial charge is 0.341 e. The number of carbonyl (C=O) groups is 1. The Morgan fingerprint density at radius 2 is 1.74 bits per heavy atom. The fraction of sp³-hybridized carbons (Fsp3) is 0.344. The number of nitrogens with one attached hydrogen (secondary N) is 1. The fourth-order valence-electron chi connectivity index (χ4n) is 6.09. The van der Waals surface area contributed by atoms with E-state index in [9.17, 15) is 14.7 Å². The van der Waals surface area contributed by atoms with Crippen molar-refractivity contribution in [1.82, 2.24) is 14.9 Å². The molecule has 10 heteroatoms. The molecule has 0 spiro atoms. The van der Waals surface area contributed by atoms with Crippen molar-refractivity contribution in [2.75, 3.05) is 36.0 Å². The summed E-state index contributed by atoms with van der Waals surface area (Å²) in [6.07, 6.45) is 9.22. The van der Waals surface area contributed by atoms with E-state index in [-0.39, 0.29) is 21.6 Å². The van der Waals surface area contributed by atoms with E-state index in [1.165, 1.54) is 38.3 Å². The molecule has 0 unspecified atom stereocenters. The second-order valence-corrected chi connectivity index (χ2v) is 11.4. The minimum Gasteiger partial charge on any atom is -0.477 e. The number of hydrogen-bond donors (Lipinski definition) is 2. The molecule has 1 aliphatic heterocycles. The minimum atomic E-state index is -1.38. The number of halogens is 2. The number of pyridine rings is 2. The maximum Gasteiger partial charge on any atom is 0.341 e. The van der Waals surface area contributed by atoms with Crippen LogP contribution in [-0.4, -0.2) is 52.8 Å². The van der Waals surface area contributed by atoms with Crippen LogP contribution in [0.3, 0.4) is 0 Å². The summed E-state index contributed by atoms with van der Waals surface area (Å²) in [7, 11) is 0. The van der Waals surface area contributed by atoms with Crippen LogP contribution >= 0.6 is 11.6 Å². The molecule has 2 aliphatic rings. The number of carboxylic acid groups (broad SMARTS) is 1. The van der Waals surface area contributed by atoms with Gasteiger partial charge < -0.3 is 24.8 Å². The molecule has 42 heavy (non-hydrogen) atoms. The minimum absolute atomic E-state index is 0.0729. The second-order valence-electron chi connectivity index (χ2n) is 11.0. The molecule has 2 fully saturated rings. The summed E-state index contributed by atoms with van der Waals surface area (Å²) in [4.78, 5) is 33.6. The Kier molecular flexibility index (Phi) is 8.13. The first-order valence-electron chi connectivity index (χ1n) is 14.4. The Morgan fingerprint density at radius 1 is 1.02 bits per heavy atom. The Hall–Kier alpha value is -3.95. The summed E-state index contributed by atoms with van der Waals surface area (Å²) in [5.74, 6) is -1.18. The molecule has 4 aromatic rings. The molecule has 0 atom stereocenters. The van der Waals surface area contributed by atoms with Crippen molar-refractivity contribution in [2.24, 2.45) is 0 Å². The largest absolute Gasteiger partial charge is 0.477 e. The molecule has 2 N–H and O–H groups in total. The number of aromatic nitrogens is 2. The van der Waals surface area contributed by atoms with Gasteiger partial charge in [0.25, 0.3) is 0 Å². The van der Waals surface area contributed by atoms with Crippen molar-refractivity contribution in [3.8, 4) is 5.69 Å². The second kappa shape index (κ2) is 12.1. The van der Waals surface area contributed by atoms with Gasteiger partial charge in [0.1, 0.15) is 17.2 Å². The summed E-state index contributed by atoms with van der Waals surface area (Å²) in [5.41, 5.74) is 0.991. The number of aromatic carboxylic acids is 1. The molecule has 0 radical (unpaired) electrons. The van der Waals surface area contributed by atoms with Crippen LogP contribution in [-0.2, 0) is 6.54 Å². The van der Waals surface area contributed by atoms with Crippen LogP contribution in [0.1, 0.15) is 48.0 Å². The predicted molar refractivity (Wildman–Crippen MR) is 164 cm³/mol. The maximum absolute atomic E-state index is 15.7. The first-order valence-corrected chi connectivity index (χ1v) is 14.8. The van der Waals surface area contributed by atoms with Crippen molar-refractivity contribution >= 4 is 40.0 Å². The van der Waals surface area contributed by atoms with E-state index in [1.54, 1.807) is 10.8 Å². The van der Waals surface area contributed by atoms with Gasteiger partial charge in [-0.15, -0.1) is 0 Å². The SMILES string of the molecule is O=C(O)c1cn(-c2ccc(CNC3CCCCC3)cc2)c2c(Cl)c(N3CCN(c4ccccn4)CC3)c(F)cc2c1=O. The summed E-state index contributed by atoms with van der Waals surface area (Å²) < 4.78 is 17.3. The number of rotatable bonds is 7. The quantitative estimate of drug-likeness (QED) is 0.289. The third kappa shape index (κ3) is 5.58. The number of carboxylic acids is 1. The molecular weight excluding hydrogens is 557 g/mol. The number of nitrogens with zero attached hydrogens (tertiary/aromatic N) is 4. The van der Waals surface area contributed by atoms with Crippen LogP contribution < -0.4 is 20.5 Å². The van der Waals surface area contributed by atoms with Gasteiger partial charge in [-0.3, -0.25) is 4.79 Å².